The number of aromatic nitrogens is 2. The van der Waals surface area contributed by atoms with Crippen LogP contribution in [0, 0.1) is 0 Å². The van der Waals surface area contributed by atoms with Crippen LogP contribution >= 0.6 is 22.9 Å². The predicted octanol–water partition coefficient (Wildman–Crippen LogP) is 4.60. The van der Waals surface area contributed by atoms with Crippen molar-refractivity contribution >= 4 is 45.6 Å². The van der Waals surface area contributed by atoms with Crippen molar-refractivity contribution in [1.29, 1.82) is 0 Å². The molecule has 1 N–H and O–H groups in total. The zero-order valence-corrected chi connectivity index (χ0v) is 13.8. The molecular weight excluding hydrogens is 379 g/mol. The number of imidazole rings is 1. The number of rotatable bonds is 4. The van der Waals surface area contributed by atoms with Gasteiger partial charge in [0.2, 0.25) is 5.91 Å². The minimum atomic E-state index is -4.80. The average molecular weight is 388 g/mol. The SMILES string of the molecule is O=C(/C=C/c1c(Cl)nc2sccn12)Nc1cccc(OC(F)(F)F)c1. The van der Waals surface area contributed by atoms with E-state index < -0.39 is 18.0 Å². The minimum absolute atomic E-state index is 0.163. The quantitative estimate of drug-likeness (QED) is 0.666. The van der Waals surface area contributed by atoms with Gasteiger partial charge >= 0.3 is 6.36 Å². The normalized spacial score (nSPS) is 12.0. The first-order chi connectivity index (χ1) is 11.8. The van der Waals surface area contributed by atoms with E-state index in [4.69, 9.17) is 11.6 Å². The van der Waals surface area contributed by atoms with Gasteiger partial charge in [-0.05, 0) is 18.2 Å². The van der Waals surface area contributed by atoms with E-state index in [9.17, 15) is 18.0 Å². The first-order valence-electron chi connectivity index (χ1n) is 6.78. The van der Waals surface area contributed by atoms with Crippen molar-refractivity contribution < 1.29 is 22.7 Å². The Morgan fingerprint density at radius 2 is 2.20 bits per heavy atom. The maximum atomic E-state index is 12.2. The van der Waals surface area contributed by atoms with Crippen LogP contribution in [0.25, 0.3) is 11.0 Å². The lowest BCUT2D eigenvalue weighted by Crippen LogP contribution is -2.17. The van der Waals surface area contributed by atoms with Crippen molar-refractivity contribution in [1.82, 2.24) is 9.38 Å². The number of thiazole rings is 1. The molecule has 1 aromatic carbocycles. The van der Waals surface area contributed by atoms with Crippen LogP contribution in [0.4, 0.5) is 18.9 Å². The van der Waals surface area contributed by atoms with Gasteiger partial charge in [0.15, 0.2) is 10.1 Å². The number of carbonyl (C=O) groups excluding carboxylic acids is 1. The summed E-state index contributed by atoms with van der Waals surface area (Å²) in [6.45, 7) is 0. The number of halogens is 4. The van der Waals surface area contributed by atoms with Crippen LogP contribution in [0.15, 0.2) is 41.9 Å². The second-order valence-electron chi connectivity index (χ2n) is 4.74. The molecule has 3 aromatic rings. The Morgan fingerprint density at radius 1 is 1.40 bits per heavy atom. The molecule has 0 spiro atoms. The molecule has 0 aliphatic rings. The summed E-state index contributed by atoms with van der Waals surface area (Å²) in [6.07, 6.45) is -0.355. The largest absolute Gasteiger partial charge is 0.573 e. The Kier molecular flexibility index (Phi) is 4.69. The van der Waals surface area contributed by atoms with Crippen LogP contribution in [0.5, 0.6) is 5.75 Å². The highest BCUT2D eigenvalue weighted by molar-refractivity contribution is 7.15. The predicted molar refractivity (Wildman–Crippen MR) is 88.9 cm³/mol. The third-order valence-corrected chi connectivity index (χ3v) is 4.02. The number of benzene rings is 1. The van der Waals surface area contributed by atoms with Crippen molar-refractivity contribution in [3.63, 3.8) is 0 Å². The van der Waals surface area contributed by atoms with Crippen molar-refractivity contribution in [3.05, 3.63) is 52.8 Å². The van der Waals surface area contributed by atoms with Crippen LogP contribution in [0.3, 0.4) is 0 Å². The molecule has 5 nitrogen and oxygen atoms in total. The molecule has 2 aromatic heterocycles. The fourth-order valence-electron chi connectivity index (χ4n) is 2.04. The van der Waals surface area contributed by atoms with Gasteiger partial charge in [0.05, 0.1) is 5.69 Å². The van der Waals surface area contributed by atoms with Crippen molar-refractivity contribution in [2.75, 3.05) is 5.32 Å². The fraction of sp³-hybridized carbons (Fsp3) is 0.0667. The molecule has 0 radical (unpaired) electrons. The summed E-state index contributed by atoms with van der Waals surface area (Å²) in [6, 6.07) is 4.99. The number of ether oxygens (including phenoxy) is 1. The van der Waals surface area contributed by atoms with E-state index in [0.29, 0.717) is 10.7 Å². The molecule has 0 atom stereocenters. The van der Waals surface area contributed by atoms with E-state index in [2.05, 4.69) is 15.0 Å². The lowest BCUT2D eigenvalue weighted by molar-refractivity contribution is -0.274. The second-order valence-corrected chi connectivity index (χ2v) is 5.97. The van der Waals surface area contributed by atoms with Crippen LogP contribution in [0.2, 0.25) is 5.15 Å². The van der Waals surface area contributed by atoms with E-state index in [0.717, 1.165) is 12.1 Å². The molecule has 0 saturated heterocycles. The van der Waals surface area contributed by atoms with Crippen LogP contribution in [-0.4, -0.2) is 21.7 Å². The number of anilines is 1. The highest BCUT2D eigenvalue weighted by Gasteiger charge is 2.31. The molecule has 0 aliphatic carbocycles. The lowest BCUT2D eigenvalue weighted by Gasteiger charge is -2.10. The second kappa shape index (κ2) is 6.77. The summed E-state index contributed by atoms with van der Waals surface area (Å²) in [4.78, 5) is 16.8. The third-order valence-electron chi connectivity index (χ3n) is 2.98. The zero-order chi connectivity index (χ0) is 18.0. The number of hydrogen-bond acceptors (Lipinski definition) is 4. The summed E-state index contributed by atoms with van der Waals surface area (Å²) >= 11 is 7.40. The fourth-order valence-corrected chi connectivity index (χ4v) is 3.04. The Balaban J connectivity index is 1.71. The smallest absolute Gasteiger partial charge is 0.406 e. The lowest BCUT2D eigenvalue weighted by atomic mass is 10.3. The average Bonchev–Trinajstić information content (AvgIpc) is 3.04. The van der Waals surface area contributed by atoms with E-state index in [1.165, 1.54) is 35.6 Å². The van der Waals surface area contributed by atoms with Gasteiger partial charge in [0.1, 0.15) is 5.75 Å². The molecule has 2 heterocycles. The number of alkyl halides is 3. The summed E-state index contributed by atoms with van der Waals surface area (Å²) < 4.78 is 42.2. The molecule has 25 heavy (non-hydrogen) atoms. The number of nitrogens with one attached hydrogen (secondary N) is 1. The first-order valence-corrected chi connectivity index (χ1v) is 8.03. The maximum Gasteiger partial charge on any atom is 0.573 e. The van der Waals surface area contributed by atoms with Gasteiger partial charge in [-0.1, -0.05) is 17.7 Å². The third kappa shape index (κ3) is 4.31. The van der Waals surface area contributed by atoms with Crippen molar-refractivity contribution in [3.8, 4) is 5.75 Å². The maximum absolute atomic E-state index is 12.2. The molecule has 10 heteroatoms. The van der Waals surface area contributed by atoms with E-state index in [1.54, 1.807) is 10.6 Å². The van der Waals surface area contributed by atoms with Gasteiger partial charge in [0, 0.05) is 29.4 Å². The molecule has 0 fully saturated rings. The summed E-state index contributed by atoms with van der Waals surface area (Å²) in [7, 11) is 0. The van der Waals surface area contributed by atoms with Gasteiger partial charge in [0.25, 0.3) is 0 Å². The first kappa shape index (κ1) is 17.3. The minimum Gasteiger partial charge on any atom is -0.406 e. The molecule has 130 valence electrons. The van der Waals surface area contributed by atoms with E-state index in [-0.39, 0.29) is 10.8 Å². The molecule has 0 saturated carbocycles. The van der Waals surface area contributed by atoms with Gasteiger partial charge in [-0.2, -0.15) is 0 Å². The molecule has 3 rings (SSSR count). The Labute approximate surface area is 148 Å². The van der Waals surface area contributed by atoms with Crippen molar-refractivity contribution in [2.24, 2.45) is 0 Å². The highest BCUT2D eigenvalue weighted by Crippen LogP contribution is 2.25. The molecule has 0 unspecified atom stereocenters. The molecule has 0 aliphatic heterocycles. The molecule has 0 bridgehead atoms. The number of amides is 1. The monoisotopic (exact) mass is 387 g/mol. The van der Waals surface area contributed by atoms with Crippen LogP contribution < -0.4 is 10.1 Å². The summed E-state index contributed by atoms with van der Waals surface area (Å²) in [5.41, 5.74) is 0.693. The van der Waals surface area contributed by atoms with Crippen LogP contribution in [-0.2, 0) is 4.79 Å². The number of hydrogen-bond donors (Lipinski definition) is 1. The van der Waals surface area contributed by atoms with Crippen LogP contribution in [0.1, 0.15) is 5.69 Å². The number of nitrogens with zero attached hydrogens (tertiary/aromatic N) is 2. The Hall–Kier alpha value is -2.52. The van der Waals surface area contributed by atoms with Crippen molar-refractivity contribution in [2.45, 2.75) is 6.36 Å². The molecular formula is C15H9ClF3N3O2S. The Morgan fingerprint density at radius 3 is 2.96 bits per heavy atom. The molecule has 1 amide bonds. The standard InChI is InChI=1S/C15H9ClF3N3O2S/c16-13-11(22-6-7-25-14(22)21-13)4-5-12(23)20-9-2-1-3-10(8-9)24-15(17,18)19/h1-8H,(H,20,23)/b5-4+. The van der Waals surface area contributed by atoms with Gasteiger partial charge in [-0.3, -0.25) is 9.20 Å². The van der Waals surface area contributed by atoms with E-state index >= 15 is 0 Å². The Bertz CT molecular complexity index is 949. The number of carbonyl (C=O) groups is 1. The highest BCUT2D eigenvalue weighted by atomic mass is 35.5. The zero-order valence-electron chi connectivity index (χ0n) is 12.2. The van der Waals surface area contributed by atoms with Gasteiger partial charge in [-0.25, -0.2) is 4.98 Å². The summed E-state index contributed by atoms with van der Waals surface area (Å²) in [5, 5.41) is 4.52. The summed E-state index contributed by atoms with van der Waals surface area (Å²) in [5.74, 6) is -0.960. The van der Waals surface area contributed by atoms with E-state index in [1.807, 2.05) is 5.38 Å². The number of fused-ring (bicyclic) bond motifs is 1. The topological polar surface area (TPSA) is 55.6 Å². The van der Waals surface area contributed by atoms with Gasteiger partial charge < -0.3 is 10.1 Å². The van der Waals surface area contributed by atoms with Gasteiger partial charge in [-0.15, -0.1) is 24.5 Å².